The van der Waals surface area contributed by atoms with Gasteiger partial charge in [0.2, 0.25) is 0 Å². The first-order chi connectivity index (χ1) is 17.7. The van der Waals surface area contributed by atoms with Crippen molar-refractivity contribution in [2.75, 3.05) is 19.7 Å². The van der Waals surface area contributed by atoms with Crippen molar-refractivity contribution in [1.82, 2.24) is 4.90 Å². The van der Waals surface area contributed by atoms with Gasteiger partial charge in [0.25, 0.3) is 0 Å². The molecule has 0 aliphatic carbocycles. The molecule has 0 spiro atoms. The van der Waals surface area contributed by atoms with Gasteiger partial charge in [-0.1, -0.05) is 111 Å². The summed E-state index contributed by atoms with van der Waals surface area (Å²) in [6.45, 7) is 8.98. The Balaban J connectivity index is 1.52. The monoisotopic (exact) mass is 487 g/mol. The Hall–Kier alpha value is -2.50. The van der Waals surface area contributed by atoms with Gasteiger partial charge in [-0.2, -0.15) is 0 Å². The zero-order valence-electron chi connectivity index (χ0n) is 21.8. The van der Waals surface area contributed by atoms with Crippen LogP contribution in [0.15, 0.2) is 91.0 Å². The van der Waals surface area contributed by atoms with Gasteiger partial charge in [-0.25, -0.2) is 0 Å². The first kappa shape index (κ1) is 26.6. The molecule has 36 heavy (non-hydrogen) atoms. The van der Waals surface area contributed by atoms with Gasteiger partial charge in [-0.15, -0.1) is 0 Å². The van der Waals surface area contributed by atoms with Crippen molar-refractivity contribution in [2.24, 2.45) is 5.92 Å². The fourth-order valence-corrected chi connectivity index (χ4v) is 5.05. The predicted octanol–water partition coefficient (Wildman–Crippen LogP) is 6.49. The fraction of sp³-hybridized carbons (Fsp3) is 0.438. The number of unbranched alkanes of at least 4 members (excludes halogenated alkanes) is 1. The lowest BCUT2D eigenvalue weighted by Gasteiger charge is -2.48. The summed E-state index contributed by atoms with van der Waals surface area (Å²) in [5.41, 5.74) is 3.57. The lowest BCUT2D eigenvalue weighted by molar-refractivity contribution is -0.176. The molecule has 4 unspecified atom stereocenters. The van der Waals surface area contributed by atoms with Crippen LogP contribution < -0.4 is 0 Å². The number of rotatable bonds is 13. The Morgan fingerprint density at radius 2 is 1.19 bits per heavy atom. The second-order valence-corrected chi connectivity index (χ2v) is 9.92. The van der Waals surface area contributed by atoms with E-state index in [0.29, 0.717) is 32.3 Å². The van der Waals surface area contributed by atoms with Crippen molar-refractivity contribution in [3.05, 3.63) is 108 Å². The van der Waals surface area contributed by atoms with E-state index in [-0.39, 0.29) is 18.2 Å². The summed E-state index contributed by atoms with van der Waals surface area (Å²) in [7, 11) is 0. The normalized spacial score (nSPS) is 22.5. The van der Waals surface area contributed by atoms with Crippen LogP contribution in [0.2, 0.25) is 0 Å². The molecule has 1 aliphatic rings. The van der Waals surface area contributed by atoms with Gasteiger partial charge in [0.1, 0.15) is 6.10 Å². The Kier molecular flexibility index (Phi) is 10.5. The average Bonchev–Trinajstić information content (AvgIpc) is 2.93. The van der Waals surface area contributed by atoms with Gasteiger partial charge in [-0.05, 0) is 35.6 Å². The summed E-state index contributed by atoms with van der Waals surface area (Å²) < 4.78 is 19.7. The maximum atomic E-state index is 6.72. The van der Waals surface area contributed by atoms with Crippen LogP contribution in [0.25, 0.3) is 0 Å². The average molecular weight is 488 g/mol. The van der Waals surface area contributed by atoms with Crippen LogP contribution in [0, 0.1) is 5.92 Å². The van der Waals surface area contributed by atoms with Crippen LogP contribution >= 0.6 is 0 Å². The number of hydrogen-bond donors (Lipinski definition) is 0. The largest absolute Gasteiger partial charge is 0.375 e. The van der Waals surface area contributed by atoms with E-state index in [4.69, 9.17) is 14.2 Å². The molecule has 0 saturated carbocycles. The summed E-state index contributed by atoms with van der Waals surface area (Å²) in [4.78, 5) is 2.58. The van der Waals surface area contributed by atoms with E-state index in [0.717, 1.165) is 13.1 Å². The molecule has 0 amide bonds. The third-order valence-corrected chi connectivity index (χ3v) is 7.02. The number of likely N-dealkylation sites (tertiary alicyclic amines) is 1. The van der Waals surface area contributed by atoms with Gasteiger partial charge in [-0.3, -0.25) is 4.90 Å². The molecule has 1 aliphatic heterocycles. The number of piperidine rings is 1. The van der Waals surface area contributed by atoms with E-state index >= 15 is 0 Å². The second-order valence-electron chi connectivity index (χ2n) is 9.92. The van der Waals surface area contributed by atoms with Gasteiger partial charge in [0, 0.05) is 6.54 Å². The fourth-order valence-electron chi connectivity index (χ4n) is 5.05. The first-order valence-electron chi connectivity index (χ1n) is 13.4. The second kappa shape index (κ2) is 14.3. The minimum absolute atomic E-state index is 0.00267. The van der Waals surface area contributed by atoms with E-state index in [9.17, 15) is 0 Å². The maximum Gasteiger partial charge on any atom is 0.102 e. The first-order valence-corrected chi connectivity index (χ1v) is 13.4. The Morgan fingerprint density at radius 1 is 0.694 bits per heavy atom. The standard InChI is InChI=1S/C32H41NO3/c1-3-4-20-33-21-26(2)31(35-23-28-16-10-6-11-17-28)32(36-24-29-18-12-7-13-19-29)30(33)25-34-22-27-14-8-5-9-15-27/h5-19,26,30-32H,3-4,20-25H2,1-2H3. The van der Waals surface area contributed by atoms with Crippen LogP contribution in [-0.4, -0.2) is 42.8 Å². The van der Waals surface area contributed by atoms with Crippen LogP contribution in [0.4, 0.5) is 0 Å². The highest BCUT2D eigenvalue weighted by Gasteiger charge is 2.43. The molecule has 3 aromatic rings. The topological polar surface area (TPSA) is 30.9 Å². The lowest BCUT2D eigenvalue weighted by atomic mass is 9.87. The zero-order chi connectivity index (χ0) is 25.0. The molecule has 4 atom stereocenters. The minimum atomic E-state index is -0.0784. The van der Waals surface area contributed by atoms with Crippen LogP contribution in [-0.2, 0) is 34.0 Å². The highest BCUT2D eigenvalue weighted by atomic mass is 16.5. The van der Waals surface area contributed by atoms with E-state index in [1.54, 1.807) is 0 Å². The van der Waals surface area contributed by atoms with Crippen LogP contribution in [0.1, 0.15) is 43.4 Å². The molecule has 0 bridgehead atoms. The Labute approximate surface area is 217 Å². The molecule has 0 aromatic heterocycles. The highest BCUT2D eigenvalue weighted by molar-refractivity contribution is 5.15. The third kappa shape index (κ3) is 7.75. The summed E-state index contributed by atoms with van der Waals surface area (Å²) in [6.07, 6.45) is 2.26. The van der Waals surface area contributed by atoms with Gasteiger partial charge >= 0.3 is 0 Å². The number of benzene rings is 3. The number of ether oxygens (including phenoxy) is 3. The van der Waals surface area contributed by atoms with Gasteiger partial charge in [0.15, 0.2) is 0 Å². The zero-order valence-corrected chi connectivity index (χ0v) is 21.8. The van der Waals surface area contributed by atoms with Crippen molar-refractivity contribution in [2.45, 2.75) is 64.8 Å². The van der Waals surface area contributed by atoms with Gasteiger partial charge < -0.3 is 14.2 Å². The molecule has 3 aromatic carbocycles. The van der Waals surface area contributed by atoms with E-state index in [1.807, 2.05) is 18.2 Å². The van der Waals surface area contributed by atoms with Crippen LogP contribution in [0.5, 0.6) is 0 Å². The van der Waals surface area contributed by atoms with Crippen molar-refractivity contribution >= 4 is 0 Å². The van der Waals surface area contributed by atoms with Crippen molar-refractivity contribution in [3.63, 3.8) is 0 Å². The molecule has 0 N–H and O–H groups in total. The molecule has 1 saturated heterocycles. The molecule has 0 radical (unpaired) electrons. The van der Waals surface area contributed by atoms with Crippen molar-refractivity contribution < 1.29 is 14.2 Å². The molecule has 1 heterocycles. The lowest BCUT2D eigenvalue weighted by Crippen LogP contribution is -2.61. The van der Waals surface area contributed by atoms with Gasteiger partial charge in [0.05, 0.1) is 38.6 Å². The molecular weight excluding hydrogens is 446 g/mol. The van der Waals surface area contributed by atoms with E-state index < -0.39 is 0 Å². The molecule has 4 rings (SSSR count). The summed E-state index contributed by atoms with van der Waals surface area (Å²) in [5, 5.41) is 0. The number of hydrogen-bond acceptors (Lipinski definition) is 4. The van der Waals surface area contributed by atoms with Crippen molar-refractivity contribution in [1.29, 1.82) is 0 Å². The highest BCUT2D eigenvalue weighted by Crippen LogP contribution is 2.30. The summed E-state index contributed by atoms with van der Waals surface area (Å²) in [5.74, 6) is 0.358. The minimum Gasteiger partial charge on any atom is -0.375 e. The van der Waals surface area contributed by atoms with Crippen molar-refractivity contribution in [3.8, 4) is 0 Å². The van der Waals surface area contributed by atoms with Crippen LogP contribution in [0.3, 0.4) is 0 Å². The summed E-state index contributed by atoms with van der Waals surface area (Å²) in [6, 6.07) is 31.4. The molecular formula is C32H41NO3. The molecule has 4 heteroatoms. The predicted molar refractivity (Wildman–Crippen MR) is 146 cm³/mol. The molecule has 192 valence electrons. The summed E-state index contributed by atoms with van der Waals surface area (Å²) >= 11 is 0. The Morgan fingerprint density at radius 3 is 1.72 bits per heavy atom. The number of nitrogens with zero attached hydrogens (tertiary/aromatic N) is 1. The molecule has 1 fully saturated rings. The Bertz CT molecular complexity index is 982. The molecule has 4 nitrogen and oxygen atoms in total. The van der Waals surface area contributed by atoms with E-state index in [1.165, 1.54) is 29.5 Å². The SMILES string of the molecule is CCCCN1CC(C)C(OCc2ccccc2)C(OCc2ccccc2)C1COCc1ccccc1. The maximum absolute atomic E-state index is 6.72. The third-order valence-electron chi connectivity index (χ3n) is 7.02. The quantitative estimate of drug-likeness (QED) is 0.276. The smallest absolute Gasteiger partial charge is 0.102 e. The van der Waals surface area contributed by atoms with E-state index in [2.05, 4.69) is 91.5 Å².